The molecule has 8 heteroatoms. The highest BCUT2D eigenvalue weighted by atomic mass is 35.5. The molecule has 140 valence electrons. The molecule has 3 rings (SSSR count). The Morgan fingerprint density at radius 1 is 1.35 bits per heavy atom. The number of esters is 1. The Labute approximate surface area is 156 Å². The molecule has 1 fully saturated rings. The monoisotopic (exact) mass is 379 g/mol. The summed E-state index contributed by atoms with van der Waals surface area (Å²) >= 11 is 6.29. The van der Waals surface area contributed by atoms with Crippen molar-refractivity contribution < 1.29 is 19.1 Å². The van der Waals surface area contributed by atoms with E-state index >= 15 is 0 Å². The van der Waals surface area contributed by atoms with Gasteiger partial charge < -0.3 is 19.8 Å². The summed E-state index contributed by atoms with van der Waals surface area (Å²) in [6.45, 7) is 5.52. The smallest absolute Gasteiger partial charge is 0.356 e. The normalized spacial score (nSPS) is 20.9. The quantitative estimate of drug-likeness (QED) is 0.798. The van der Waals surface area contributed by atoms with Crippen LogP contribution in [0.3, 0.4) is 0 Å². The fraction of sp³-hybridized carbons (Fsp3) is 0.444. The number of ether oxygens (including phenoxy) is 2. The molecule has 1 amide bonds. The van der Waals surface area contributed by atoms with Gasteiger partial charge in [0.1, 0.15) is 5.69 Å². The minimum Gasteiger partial charge on any atom is -0.464 e. The molecule has 1 aromatic heterocycles. The van der Waals surface area contributed by atoms with Crippen molar-refractivity contribution in [1.82, 2.24) is 9.88 Å². The number of morpholine rings is 1. The van der Waals surface area contributed by atoms with Gasteiger partial charge in [-0.3, -0.25) is 9.69 Å². The van der Waals surface area contributed by atoms with Crippen LogP contribution in [-0.4, -0.2) is 60.7 Å². The van der Waals surface area contributed by atoms with Crippen molar-refractivity contribution in [3.05, 3.63) is 28.9 Å². The van der Waals surface area contributed by atoms with Crippen LogP contribution in [-0.2, 0) is 14.3 Å². The third-order valence-corrected chi connectivity index (χ3v) is 4.60. The van der Waals surface area contributed by atoms with E-state index in [1.807, 2.05) is 18.7 Å². The molecule has 1 saturated heterocycles. The summed E-state index contributed by atoms with van der Waals surface area (Å²) in [6.07, 6.45) is 0.138. The second kappa shape index (κ2) is 7.65. The molecule has 0 spiro atoms. The predicted molar refractivity (Wildman–Crippen MR) is 99.7 cm³/mol. The van der Waals surface area contributed by atoms with Crippen LogP contribution in [0.4, 0.5) is 5.69 Å². The van der Waals surface area contributed by atoms with Crippen LogP contribution >= 0.6 is 11.6 Å². The van der Waals surface area contributed by atoms with Crippen LogP contribution in [0.5, 0.6) is 0 Å². The van der Waals surface area contributed by atoms with E-state index in [0.29, 0.717) is 34.7 Å². The molecule has 0 unspecified atom stereocenters. The molecular formula is C18H22ClN3O4. The van der Waals surface area contributed by atoms with Gasteiger partial charge in [-0.25, -0.2) is 4.79 Å². The second-order valence-corrected chi connectivity index (χ2v) is 6.94. The maximum Gasteiger partial charge on any atom is 0.356 e. The van der Waals surface area contributed by atoms with Crippen molar-refractivity contribution in [2.75, 3.05) is 32.1 Å². The lowest BCUT2D eigenvalue weighted by atomic mass is 10.2. The van der Waals surface area contributed by atoms with Crippen molar-refractivity contribution in [2.24, 2.45) is 0 Å². The number of hydrogen-bond donors (Lipinski definition) is 2. The number of halogens is 1. The Balaban J connectivity index is 1.85. The minimum atomic E-state index is -0.568. The number of nitrogens with zero attached hydrogens (tertiary/aromatic N) is 1. The summed E-state index contributed by atoms with van der Waals surface area (Å²) in [4.78, 5) is 29.7. The number of hydrogen-bond acceptors (Lipinski definition) is 5. The number of rotatable bonds is 4. The van der Waals surface area contributed by atoms with Gasteiger partial charge >= 0.3 is 5.97 Å². The van der Waals surface area contributed by atoms with Gasteiger partial charge in [-0.1, -0.05) is 17.7 Å². The number of H-pyrrole nitrogens is 1. The molecule has 0 bridgehead atoms. The highest BCUT2D eigenvalue weighted by Crippen LogP contribution is 2.34. The topological polar surface area (TPSA) is 83.7 Å². The number of carbonyl (C=O) groups excluding carboxylic acids is 2. The summed E-state index contributed by atoms with van der Waals surface area (Å²) in [5.74, 6) is -0.793. The lowest BCUT2D eigenvalue weighted by molar-refractivity contribution is -0.121. The van der Waals surface area contributed by atoms with Crippen molar-refractivity contribution >= 4 is 40.1 Å². The van der Waals surface area contributed by atoms with Crippen molar-refractivity contribution in [1.29, 1.82) is 0 Å². The molecule has 1 aliphatic heterocycles. The molecule has 2 N–H and O–H groups in total. The van der Waals surface area contributed by atoms with Crippen LogP contribution in [0.2, 0.25) is 5.02 Å². The van der Waals surface area contributed by atoms with E-state index < -0.39 is 5.97 Å². The Kier molecular flexibility index (Phi) is 5.50. The standard InChI is InChI=1S/C18H22ClN3O4/c1-10-7-22(8-11(2)26-10)9-14(23)21-16-15-12(19)5-4-6-13(15)20-17(16)18(24)25-3/h4-6,10-11,20H,7-9H2,1-3H3,(H,21,23)/t10-,11-/m1/s1. The Morgan fingerprint density at radius 2 is 2.04 bits per heavy atom. The average molecular weight is 380 g/mol. The van der Waals surface area contributed by atoms with Crippen LogP contribution in [0.1, 0.15) is 24.3 Å². The van der Waals surface area contributed by atoms with E-state index in [-0.39, 0.29) is 30.4 Å². The van der Waals surface area contributed by atoms with Crippen LogP contribution in [0, 0.1) is 0 Å². The van der Waals surface area contributed by atoms with E-state index in [2.05, 4.69) is 10.3 Å². The lowest BCUT2D eigenvalue weighted by Crippen LogP contribution is -2.48. The number of benzene rings is 1. The first-order valence-corrected chi connectivity index (χ1v) is 8.83. The molecule has 2 heterocycles. The van der Waals surface area contributed by atoms with Gasteiger partial charge in [0.05, 0.1) is 36.6 Å². The van der Waals surface area contributed by atoms with E-state index in [9.17, 15) is 9.59 Å². The number of aromatic amines is 1. The summed E-state index contributed by atoms with van der Waals surface area (Å²) in [5, 5.41) is 3.86. The fourth-order valence-corrected chi connectivity index (χ4v) is 3.65. The maximum absolute atomic E-state index is 12.6. The van der Waals surface area contributed by atoms with Gasteiger partial charge in [-0.2, -0.15) is 0 Å². The van der Waals surface area contributed by atoms with Gasteiger partial charge in [0.15, 0.2) is 0 Å². The van der Waals surface area contributed by atoms with Crippen molar-refractivity contribution in [3.63, 3.8) is 0 Å². The number of carbonyl (C=O) groups is 2. The summed E-state index contributed by atoms with van der Waals surface area (Å²) in [6, 6.07) is 5.26. The molecule has 1 aliphatic rings. The molecule has 0 radical (unpaired) electrons. The zero-order chi connectivity index (χ0) is 18.8. The zero-order valence-electron chi connectivity index (χ0n) is 15.0. The molecule has 1 aromatic carbocycles. The van der Waals surface area contributed by atoms with Gasteiger partial charge in [-0.05, 0) is 26.0 Å². The van der Waals surface area contributed by atoms with Crippen LogP contribution in [0.25, 0.3) is 10.9 Å². The maximum atomic E-state index is 12.6. The van der Waals surface area contributed by atoms with Gasteiger partial charge in [0, 0.05) is 24.0 Å². The predicted octanol–water partition coefficient (Wildman–Crippen LogP) is 2.66. The Morgan fingerprint density at radius 3 is 2.69 bits per heavy atom. The van der Waals surface area contributed by atoms with E-state index in [0.717, 1.165) is 0 Å². The lowest BCUT2D eigenvalue weighted by Gasteiger charge is -2.34. The largest absolute Gasteiger partial charge is 0.464 e. The number of methoxy groups -OCH3 is 1. The molecule has 0 saturated carbocycles. The Bertz CT molecular complexity index is 825. The van der Waals surface area contributed by atoms with E-state index in [1.54, 1.807) is 18.2 Å². The number of amides is 1. The molecular weight excluding hydrogens is 358 g/mol. The van der Waals surface area contributed by atoms with Gasteiger partial charge in [-0.15, -0.1) is 0 Å². The fourth-order valence-electron chi connectivity index (χ4n) is 3.38. The summed E-state index contributed by atoms with van der Waals surface area (Å²) in [5.41, 5.74) is 1.17. The molecule has 0 aliphatic carbocycles. The first-order valence-electron chi connectivity index (χ1n) is 8.45. The average Bonchev–Trinajstić information content (AvgIpc) is 2.92. The third kappa shape index (κ3) is 3.85. The highest BCUT2D eigenvalue weighted by Gasteiger charge is 2.26. The van der Waals surface area contributed by atoms with Crippen LogP contribution in [0.15, 0.2) is 18.2 Å². The first-order chi connectivity index (χ1) is 12.4. The van der Waals surface area contributed by atoms with Gasteiger partial charge in [0.2, 0.25) is 5.91 Å². The van der Waals surface area contributed by atoms with Crippen molar-refractivity contribution in [2.45, 2.75) is 26.1 Å². The minimum absolute atomic E-state index is 0.0692. The SMILES string of the molecule is COC(=O)c1[nH]c2cccc(Cl)c2c1NC(=O)CN1C[C@@H](C)O[C@H](C)C1. The van der Waals surface area contributed by atoms with Crippen LogP contribution < -0.4 is 5.32 Å². The van der Waals surface area contributed by atoms with E-state index in [1.165, 1.54) is 7.11 Å². The first kappa shape index (κ1) is 18.7. The van der Waals surface area contributed by atoms with E-state index in [4.69, 9.17) is 21.1 Å². The summed E-state index contributed by atoms with van der Waals surface area (Å²) in [7, 11) is 1.29. The number of anilines is 1. The molecule has 26 heavy (non-hydrogen) atoms. The molecule has 2 aromatic rings. The molecule has 7 nitrogen and oxygen atoms in total. The Hall–Kier alpha value is -2.09. The molecule has 2 atom stereocenters. The van der Waals surface area contributed by atoms with Crippen molar-refractivity contribution in [3.8, 4) is 0 Å². The summed E-state index contributed by atoms with van der Waals surface area (Å²) < 4.78 is 10.5. The zero-order valence-corrected chi connectivity index (χ0v) is 15.7. The van der Waals surface area contributed by atoms with Gasteiger partial charge in [0.25, 0.3) is 0 Å². The number of nitrogens with one attached hydrogen (secondary N) is 2. The number of aromatic nitrogens is 1. The number of fused-ring (bicyclic) bond motifs is 1. The highest BCUT2D eigenvalue weighted by molar-refractivity contribution is 6.37. The second-order valence-electron chi connectivity index (χ2n) is 6.53. The third-order valence-electron chi connectivity index (χ3n) is 4.29.